The number of aromatic nitrogens is 3. The van der Waals surface area contributed by atoms with Crippen molar-refractivity contribution in [2.75, 3.05) is 30.4 Å². The van der Waals surface area contributed by atoms with Crippen LogP contribution in [0.25, 0.3) is 0 Å². The minimum absolute atomic E-state index is 0.119. The van der Waals surface area contributed by atoms with Crippen molar-refractivity contribution in [3.8, 4) is 0 Å². The summed E-state index contributed by atoms with van der Waals surface area (Å²) >= 11 is 1.67. The molecule has 150 valence electrons. The molecule has 1 saturated heterocycles. The molecular formula is C19H21N7O2S. The van der Waals surface area contributed by atoms with E-state index < -0.39 is 0 Å². The molecular weight excluding hydrogens is 390 g/mol. The molecule has 0 spiro atoms. The molecule has 0 amide bonds. The molecule has 2 atom stereocenters. The van der Waals surface area contributed by atoms with E-state index in [4.69, 9.17) is 20.0 Å². The van der Waals surface area contributed by atoms with Crippen LogP contribution >= 0.6 is 11.3 Å². The van der Waals surface area contributed by atoms with Gasteiger partial charge in [-0.25, -0.2) is 15.0 Å². The Bertz CT molecular complexity index is 1030. The van der Waals surface area contributed by atoms with Crippen LogP contribution in [0, 0.1) is 13.8 Å². The van der Waals surface area contributed by atoms with Gasteiger partial charge in [-0.15, -0.1) is 11.3 Å². The smallest absolute Gasteiger partial charge is 0.219 e. The summed E-state index contributed by atoms with van der Waals surface area (Å²) in [6, 6.07) is 2.12. The summed E-state index contributed by atoms with van der Waals surface area (Å²) in [5.41, 5.74) is 9.57. The zero-order valence-electron chi connectivity index (χ0n) is 16.1. The van der Waals surface area contributed by atoms with Gasteiger partial charge < -0.3 is 15.0 Å². The van der Waals surface area contributed by atoms with Gasteiger partial charge in [0.05, 0.1) is 22.9 Å². The maximum atomic E-state index is 6.09. The molecule has 2 aliphatic heterocycles. The second-order valence-electron chi connectivity index (χ2n) is 7.05. The van der Waals surface area contributed by atoms with Crippen LogP contribution in [0.15, 0.2) is 33.4 Å². The highest BCUT2D eigenvalue weighted by Gasteiger charge is 2.36. The molecule has 0 radical (unpaired) electrons. The Hall–Kier alpha value is -2.82. The number of aliphatic imine (C=N–C) groups is 1. The first-order chi connectivity index (χ1) is 14.1. The van der Waals surface area contributed by atoms with Crippen molar-refractivity contribution in [1.29, 1.82) is 0 Å². The second kappa shape index (κ2) is 7.21. The number of anilines is 2. The van der Waals surface area contributed by atoms with Gasteiger partial charge in [0, 0.05) is 42.8 Å². The van der Waals surface area contributed by atoms with Crippen LogP contribution in [0.3, 0.4) is 0 Å². The maximum absolute atomic E-state index is 6.09. The third-order valence-corrected chi connectivity index (χ3v) is 6.08. The van der Waals surface area contributed by atoms with E-state index in [1.54, 1.807) is 23.7 Å². The van der Waals surface area contributed by atoms with Crippen molar-refractivity contribution in [2.45, 2.75) is 26.1 Å². The molecule has 0 saturated carbocycles. The highest BCUT2D eigenvalue weighted by atomic mass is 32.1. The Morgan fingerprint density at radius 2 is 2.07 bits per heavy atom. The summed E-state index contributed by atoms with van der Waals surface area (Å²) in [5.74, 6) is 1.05. The first-order valence-corrected chi connectivity index (χ1v) is 10.3. The van der Waals surface area contributed by atoms with Gasteiger partial charge in [-0.3, -0.25) is 10.0 Å². The molecule has 29 heavy (non-hydrogen) atoms. The van der Waals surface area contributed by atoms with E-state index in [2.05, 4.69) is 36.6 Å². The van der Waals surface area contributed by atoms with Gasteiger partial charge in [0.2, 0.25) is 5.95 Å². The van der Waals surface area contributed by atoms with Gasteiger partial charge in [0.1, 0.15) is 11.9 Å². The molecule has 2 aliphatic rings. The number of aryl methyl sites for hydroxylation is 2. The second-order valence-corrected chi connectivity index (χ2v) is 8.00. The zero-order valence-corrected chi connectivity index (χ0v) is 17.0. The lowest BCUT2D eigenvalue weighted by Gasteiger charge is -2.45. The van der Waals surface area contributed by atoms with Crippen LogP contribution in [0.2, 0.25) is 0 Å². The van der Waals surface area contributed by atoms with Gasteiger partial charge >= 0.3 is 0 Å². The van der Waals surface area contributed by atoms with Gasteiger partial charge in [0.25, 0.3) is 0 Å². The molecule has 2 unspecified atom stereocenters. The number of fused-ring (bicyclic) bond motifs is 1. The van der Waals surface area contributed by atoms with Crippen LogP contribution in [0.4, 0.5) is 11.6 Å². The van der Waals surface area contributed by atoms with Crippen molar-refractivity contribution in [2.24, 2.45) is 4.99 Å². The number of hydrogen-bond acceptors (Lipinski definition) is 10. The van der Waals surface area contributed by atoms with E-state index in [1.165, 1.54) is 0 Å². The van der Waals surface area contributed by atoms with Gasteiger partial charge in [-0.1, -0.05) is 5.16 Å². The summed E-state index contributed by atoms with van der Waals surface area (Å²) < 4.78 is 11.4. The number of nitrogens with two attached hydrogens (primary N) is 1. The Labute approximate surface area is 171 Å². The highest BCUT2D eigenvalue weighted by molar-refractivity contribution is 7.12. The fraction of sp³-hybridized carbons (Fsp3) is 0.368. The van der Waals surface area contributed by atoms with Gasteiger partial charge in [-0.2, -0.15) is 0 Å². The average Bonchev–Trinajstić information content (AvgIpc) is 3.34. The standard InChI is InChI=1S/C19H21N7O2S/c1-11-17(12(2)28-24-11)15-10-25(4-5-27-15)26-14-3-6-29-16(14)9-21-18(26)13-7-22-19(20)23-8-13/h3,6-9,15,18H,4-5,10H2,1-2H3,(H2,20,22,23). The number of ether oxygens (including phenoxy) is 1. The average molecular weight is 411 g/mol. The molecule has 5 heterocycles. The maximum Gasteiger partial charge on any atom is 0.219 e. The highest BCUT2D eigenvalue weighted by Crippen LogP contribution is 2.39. The first kappa shape index (κ1) is 18.2. The number of rotatable bonds is 3. The Kier molecular flexibility index (Phi) is 4.53. The number of hydrogen-bond donors (Lipinski definition) is 1. The summed E-state index contributed by atoms with van der Waals surface area (Å²) in [6.07, 6.45) is 5.01. The summed E-state index contributed by atoms with van der Waals surface area (Å²) in [7, 11) is 0. The lowest BCUT2D eigenvalue weighted by molar-refractivity contribution is -0.0386. The Morgan fingerprint density at radius 3 is 2.83 bits per heavy atom. The lowest BCUT2D eigenvalue weighted by atomic mass is 10.1. The van der Waals surface area contributed by atoms with E-state index in [-0.39, 0.29) is 18.2 Å². The predicted octanol–water partition coefficient (Wildman–Crippen LogP) is 2.65. The van der Waals surface area contributed by atoms with Crippen molar-refractivity contribution in [3.05, 3.63) is 51.3 Å². The molecule has 3 aromatic heterocycles. The number of thiophene rings is 1. The van der Waals surface area contributed by atoms with Crippen molar-refractivity contribution in [1.82, 2.24) is 20.1 Å². The van der Waals surface area contributed by atoms with E-state index >= 15 is 0 Å². The minimum Gasteiger partial charge on any atom is -0.370 e. The van der Waals surface area contributed by atoms with Crippen LogP contribution in [-0.4, -0.2) is 46.0 Å². The van der Waals surface area contributed by atoms with E-state index in [0.29, 0.717) is 13.2 Å². The summed E-state index contributed by atoms with van der Waals surface area (Å²) in [6.45, 7) is 5.88. The van der Waals surface area contributed by atoms with Crippen LogP contribution in [0.1, 0.15) is 39.7 Å². The van der Waals surface area contributed by atoms with Crippen molar-refractivity contribution in [3.63, 3.8) is 0 Å². The third-order valence-electron chi connectivity index (χ3n) is 5.24. The number of morpholine rings is 1. The number of nitrogens with zero attached hydrogens (tertiary/aromatic N) is 6. The monoisotopic (exact) mass is 411 g/mol. The SMILES string of the molecule is Cc1noc(C)c1C1CN(N2c3ccsc3C=NC2c2cnc(N)nc2)CCO1. The Morgan fingerprint density at radius 1 is 1.24 bits per heavy atom. The molecule has 1 fully saturated rings. The molecule has 0 bridgehead atoms. The molecule has 3 aromatic rings. The third kappa shape index (κ3) is 3.18. The fourth-order valence-electron chi connectivity index (χ4n) is 3.90. The molecule has 9 nitrogen and oxygen atoms in total. The molecule has 5 rings (SSSR count). The fourth-order valence-corrected chi connectivity index (χ4v) is 4.65. The minimum atomic E-state index is -0.263. The van der Waals surface area contributed by atoms with Crippen LogP contribution in [-0.2, 0) is 4.74 Å². The normalized spacial score (nSPS) is 22.1. The first-order valence-electron chi connectivity index (χ1n) is 9.38. The van der Waals surface area contributed by atoms with Gasteiger partial charge in [0.15, 0.2) is 6.17 Å². The van der Waals surface area contributed by atoms with E-state index in [1.807, 2.05) is 20.1 Å². The van der Waals surface area contributed by atoms with E-state index in [9.17, 15) is 0 Å². The van der Waals surface area contributed by atoms with Crippen molar-refractivity contribution < 1.29 is 9.26 Å². The molecule has 10 heteroatoms. The molecule has 0 aliphatic carbocycles. The van der Waals surface area contributed by atoms with Crippen molar-refractivity contribution >= 4 is 29.2 Å². The van der Waals surface area contributed by atoms with E-state index in [0.717, 1.165) is 39.7 Å². The number of hydrazine groups is 1. The largest absolute Gasteiger partial charge is 0.370 e. The molecule has 0 aromatic carbocycles. The summed E-state index contributed by atoms with van der Waals surface area (Å²) in [4.78, 5) is 14.2. The summed E-state index contributed by atoms with van der Waals surface area (Å²) in [5, 5.41) is 10.7. The molecule has 2 N–H and O–H groups in total. The Balaban J connectivity index is 1.50. The predicted molar refractivity (Wildman–Crippen MR) is 110 cm³/mol. The van der Waals surface area contributed by atoms with Crippen LogP contribution in [0.5, 0.6) is 0 Å². The quantitative estimate of drug-likeness (QED) is 0.701. The van der Waals surface area contributed by atoms with Crippen LogP contribution < -0.4 is 10.7 Å². The zero-order chi connectivity index (χ0) is 20.0. The number of nitrogen functional groups attached to an aromatic ring is 1. The topological polar surface area (TPSA) is 106 Å². The lowest BCUT2D eigenvalue weighted by Crippen LogP contribution is -2.52. The van der Waals surface area contributed by atoms with Gasteiger partial charge in [-0.05, 0) is 25.3 Å².